The van der Waals surface area contributed by atoms with Crippen LogP contribution in [0.2, 0.25) is 0 Å². The van der Waals surface area contributed by atoms with Crippen LogP contribution < -0.4 is 10.6 Å². The van der Waals surface area contributed by atoms with Crippen LogP contribution >= 0.6 is 24.0 Å². The lowest BCUT2D eigenvalue weighted by Gasteiger charge is -2.20. The van der Waals surface area contributed by atoms with E-state index in [1.807, 2.05) is 58.3 Å². The minimum Gasteiger partial charge on any atom is -0.357 e. The van der Waals surface area contributed by atoms with E-state index in [9.17, 15) is 8.42 Å². The van der Waals surface area contributed by atoms with Crippen molar-refractivity contribution in [3.63, 3.8) is 0 Å². The number of nitrogens with zero attached hydrogens (tertiary/aromatic N) is 2. The van der Waals surface area contributed by atoms with Gasteiger partial charge < -0.3 is 15.2 Å². The lowest BCUT2D eigenvalue weighted by molar-refractivity contribution is 0.568. The van der Waals surface area contributed by atoms with Crippen LogP contribution in [-0.2, 0) is 16.4 Å². The smallest absolute Gasteiger partial charge is 0.191 e. The van der Waals surface area contributed by atoms with Gasteiger partial charge in [0.15, 0.2) is 15.8 Å². The molecule has 1 aromatic carbocycles. The predicted octanol–water partition coefficient (Wildman–Crippen LogP) is 3.53. The van der Waals surface area contributed by atoms with Crippen molar-refractivity contribution in [2.75, 3.05) is 18.8 Å². The molecule has 0 saturated carbocycles. The van der Waals surface area contributed by atoms with Gasteiger partial charge in [-0.15, -0.1) is 24.0 Å². The van der Waals surface area contributed by atoms with Crippen molar-refractivity contribution < 1.29 is 8.42 Å². The normalized spacial score (nSPS) is 12.9. The Morgan fingerprint density at radius 2 is 1.83 bits per heavy atom. The summed E-state index contributed by atoms with van der Waals surface area (Å²) in [6, 6.07) is 9.07. The van der Waals surface area contributed by atoms with Gasteiger partial charge in [-0.25, -0.2) is 8.42 Å². The Balaban J connectivity index is 0.00000420. The molecule has 0 aliphatic carbocycles. The average Bonchev–Trinajstić information content (AvgIpc) is 3.16. The number of nitrogens with one attached hydrogen (secondary N) is 2. The quantitative estimate of drug-likeness (QED) is 0.295. The number of aryl methyl sites for hydroxylation is 2. The number of guanidine groups is 1. The van der Waals surface area contributed by atoms with Crippen molar-refractivity contribution in [2.24, 2.45) is 4.99 Å². The molecule has 29 heavy (non-hydrogen) atoms. The minimum absolute atomic E-state index is 0. The minimum atomic E-state index is -3.38. The molecular weight excluding hydrogens is 499 g/mol. The van der Waals surface area contributed by atoms with Gasteiger partial charge in [-0.1, -0.05) is 13.0 Å². The molecule has 0 amide bonds. The summed E-state index contributed by atoms with van der Waals surface area (Å²) in [7, 11) is -3.38. The molecule has 0 radical (unpaired) electrons. The highest BCUT2D eigenvalue weighted by Gasteiger charge is 2.21. The van der Waals surface area contributed by atoms with Crippen LogP contribution in [0.1, 0.15) is 31.4 Å². The van der Waals surface area contributed by atoms with Crippen molar-refractivity contribution in [3.05, 3.63) is 53.9 Å². The van der Waals surface area contributed by atoms with Gasteiger partial charge in [0.05, 0.1) is 17.2 Å². The second-order valence-corrected chi connectivity index (χ2v) is 8.99. The number of benzene rings is 1. The molecule has 6 nitrogen and oxygen atoms in total. The molecule has 0 spiro atoms. The van der Waals surface area contributed by atoms with Gasteiger partial charge in [0.1, 0.15) is 0 Å². The standard InChI is InChI=1S/C21H32N4O2S.HI/c1-5-19(16-28(26,27)20-10-9-17(3)18(4)15-20)24-21(22-6-2)23-11-14-25-12-7-8-13-25;/h7-10,12-13,15,19H,5-6,11,14,16H2,1-4H3,(H2,22,23,24);1H. The third-order valence-electron chi connectivity index (χ3n) is 4.73. The Hall–Kier alpha value is -1.55. The fourth-order valence-corrected chi connectivity index (χ4v) is 4.51. The zero-order valence-electron chi connectivity index (χ0n) is 17.7. The lowest BCUT2D eigenvalue weighted by Crippen LogP contribution is -2.46. The van der Waals surface area contributed by atoms with E-state index >= 15 is 0 Å². The van der Waals surface area contributed by atoms with Gasteiger partial charge >= 0.3 is 0 Å². The Labute approximate surface area is 192 Å². The molecule has 1 aromatic heterocycles. The van der Waals surface area contributed by atoms with E-state index in [0.717, 1.165) is 24.2 Å². The van der Waals surface area contributed by atoms with Crippen molar-refractivity contribution >= 4 is 39.8 Å². The summed E-state index contributed by atoms with van der Waals surface area (Å²) in [5.41, 5.74) is 2.08. The largest absolute Gasteiger partial charge is 0.357 e. The number of sulfone groups is 1. The first-order valence-corrected chi connectivity index (χ1v) is 11.5. The Morgan fingerprint density at radius 3 is 2.41 bits per heavy atom. The lowest BCUT2D eigenvalue weighted by atomic mass is 10.1. The molecule has 2 N–H and O–H groups in total. The number of hydrogen-bond acceptors (Lipinski definition) is 3. The Kier molecular flexibility index (Phi) is 10.7. The number of rotatable bonds is 9. The third-order valence-corrected chi connectivity index (χ3v) is 6.54. The predicted molar refractivity (Wildman–Crippen MR) is 131 cm³/mol. The number of aromatic nitrogens is 1. The van der Waals surface area contributed by atoms with Crippen LogP contribution in [0.15, 0.2) is 52.6 Å². The summed E-state index contributed by atoms with van der Waals surface area (Å²) in [5.74, 6) is 0.686. The fraction of sp³-hybridized carbons (Fsp3) is 0.476. The summed E-state index contributed by atoms with van der Waals surface area (Å²) in [6.07, 6.45) is 4.69. The van der Waals surface area contributed by atoms with E-state index in [2.05, 4.69) is 20.2 Å². The van der Waals surface area contributed by atoms with E-state index < -0.39 is 9.84 Å². The van der Waals surface area contributed by atoms with E-state index in [4.69, 9.17) is 0 Å². The SMILES string of the molecule is CCNC(=NCCn1cccc1)NC(CC)CS(=O)(=O)c1ccc(C)c(C)c1.I. The first kappa shape index (κ1) is 25.5. The summed E-state index contributed by atoms with van der Waals surface area (Å²) in [6.45, 7) is 10.0. The zero-order valence-corrected chi connectivity index (χ0v) is 20.8. The van der Waals surface area contributed by atoms with E-state index in [-0.39, 0.29) is 35.8 Å². The van der Waals surface area contributed by atoms with Crippen LogP contribution in [0.3, 0.4) is 0 Å². The van der Waals surface area contributed by atoms with E-state index in [1.54, 1.807) is 12.1 Å². The molecule has 0 aliphatic rings. The number of aliphatic imine (C=N–C) groups is 1. The summed E-state index contributed by atoms with van der Waals surface area (Å²) >= 11 is 0. The molecule has 2 aromatic rings. The van der Waals surface area contributed by atoms with Gasteiger partial charge in [-0.2, -0.15) is 0 Å². The Morgan fingerprint density at radius 1 is 1.14 bits per heavy atom. The van der Waals surface area contributed by atoms with Gasteiger partial charge in [0.2, 0.25) is 0 Å². The monoisotopic (exact) mass is 532 g/mol. The molecule has 0 fully saturated rings. The van der Waals surface area contributed by atoms with Gasteiger partial charge in [-0.05, 0) is 62.6 Å². The fourth-order valence-electron chi connectivity index (χ4n) is 2.84. The first-order chi connectivity index (χ1) is 13.4. The van der Waals surface area contributed by atoms with E-state index in [0.29, 0.717) is 23.8 Å². The third kappa shape index (κ3) is 8.00. The zero-order chi connectivity index (χ0) is 20.6. The molecule has 2 rings (SSSR count). The summed E-state index contributed by atoms with van der Waals surface area (Å²) in [4.78, 5) is 4.96. The Bertz CT molecular complexity index is 880. The second kappa shape index (κ2) is 12.2. The molecule has 1 atom stereocenters. The maximum atomic E-state index is 12.9. The van der Waals surface area contributed by atoms with Crippen molar-refractivity contribution in [3.8, 4) is 0 Å². The van der Waals surface area contributed by atoms with Crippen LogP contribution in [0, 0.1) is 13.8 Å². The van der Waals surface area contributed by atoms with Gasteiger partial charge in [0.25, 0.3) is 0 Å². The maximum Gasteiger partial charge on any atom is 0.191 e. The van der Waals surface area contributed by atoms with Gasteiger partial charge in [0, 0.05) is 31.5 Å². The molecule has 1 unspecified atom stereocenters. The molecule has 0 saturated heterocycles. The molecule has 8 heteroatoms. The average molecular weight is 532 g/mol. The molecule has 162 valence electrons. The summed E-state index contributed by atoms with van der Waals surface area (Å²) < 4.78 is 27.8. The van der Waals surface area contributed by atoms with Crippen molar-refractivity contribution in [1.82, 2.24) is 15.2 Å². The van der Waals surface area contributed by atoms with Crippen LogP contribution in [0.25, 0.3) is 0 Å². The van der Waals surface area contributed by atoms with Gasteiger partial charge in [-0.3, -0.25) is 4.99 Å². The number of halogens is 1. The highest BCUT2D eigenvalue weighted by molar-refractivity contribution is 14.0. The van der Waals surface area contributed by atoms with E-state index in [1.165, 1.54) is 0 Å². The highest BCUT2D eigenvalue weighted by atomic mass is 127. The molecular formula is C21H33IN4O2S. The first-order valence-electron chi connectivity index (χ1n) is 9.81. The number of hydrogen-bond donors (Lipinski definition) is 2. The summed E-state index contributed by atoms with van der Waals surface area (Å²) in [5, 5.41) is 6.49. The molecule has 1 heterocycles. The van der Waals surface area contributed by atoms with Crippen LogP contribution in [-0.4, -0.2) is 43.8 Å². The molecule has 0 aliphatic heterocycles. The van der Waals surface area contributed by atoms with Crippen molar-refractivity contribution in [2.45, 2.75) is 51.6 Å². The van der Waals surface area contributed by atoms with Crippen LogP contribution in [0.4, 0.5) is 0 Å². The topological polar surface area (TPSA) is 75.5 Å². The highest BCUT2D eigenvalue weighted by Crippen LogP contribution is 2.17. The second-order valence-electron chi connectivity index (χ2n) is 6.96. The molecule has 0 bridgehead atoms. The van der Waals surface area contributed by atoms with Crippen LogP contribution in [0.5, 0.6) is 0 Å². The van der Waals surface area contributed by atoms with Crippen molar-refractivity contribution in [1.29, 1.82) is 0 Å². The maximum absolute atomic E-state index is 12.9.